The highest BCUT2D eigenvalue weighted by molar-refractivity contribution is 5.67. The Morgan fingerprint density at radius 2 is 1.94 bits per heavy atom. The molecule has 0 aliphatic heterocycles. The molecular weight excluding hydrogens is 261 g/mol. The molecule has 0 atom stereocenters. The highest BCUT2D eigenvalue weighted by Gasteiger charge is 2.29. The summed E-state index contributed by atoms with van der Waals surface area (Å²) in [5.74, 6) is -1.71. The Morgan fingerprint density at radius 3 is 2.50 bits per heavy atom. The number of hydrogen-bond acceptors (Lipinski definition) is 2. The van der Waals surface area contributed by atoms with Crippen molar-refractivity contribution < 1.29 is 31.5 Å². The van der Waals surface area contributed by atoms with Gasteiger partial charge in [-0.05, 0) is 6.07 Å². The van der Waals surface area contributed by atoms with E-state index in [1.165, 1.54) is 0 Å². The van der Waals surface area contributed by atoms with Gasteiger partial charge in [0.2, 0.25) is 0 Å². The minimum Gasteiger partial charge on any atom is -0.440 e. The fourth-order valence-electron chi connectivity index (χ4n) is 1.03. The van der Waals surface area contributed by atoms with Crippen molar-refractivity contribution in [2.45, 2.75) is 12.7 Å². The summed E-state index contributed by atoms with van der Waals surface area (Å²) < 4.78 is 64.4. The topological polar surface area (TPSA) is 38.3 Å². The number of rotatable bonds is 3. The lowest BCUT2D eigenvalue weighted by Crippen LogP contribution is -2.28. The number of hydrogen-bond donors (Lipinski definition) is 1. The molecule has 0 saturated carbocycles. The second-order valence-corrected chi connectivity index (χ2v) is 3.28. The molecule has 0 unspecified atom stereocenters. The van der Waals surface area contributed by atoms with Crippen molar-refractivity contribution in [3.63, 3.8) is 0 Å². The number of carbonyl (C=O) groups is 1. The smallest absolute Gasteiger partial charge is 0.422 e. The molecule has 100 valence electrons. The van der Waals surface area contributed by atoms with Gasteiger partial charge in [0.05, 0.1) is 0 Å². The zero-order valence-electron chi connectivity index (χ0n) is 8.85. The van der Waals surface area contributed by atoms with E-state index in [9.17, 15) is 26.7 Å². The summed E-state index contributed by atoms with van der Waals surface area (Å²) in [6, 6.07) is 2.62. The molecule has 0 aliphatic rings. The molecule has 0 spiro atoms. The van der Waals surface area contributed by atoms with Crippen LogP contribution in [0.2, 0.25) is 0 Å². The number of alkyl carbamates (subject to hydrolysis) is 1. The predicted octanol–water partition coefficient (Wildman–Crippen LogP) is 2.75. The zero-order chi connectivity index (χ0) is 13.8. The molecule has 18 heavy (non-hydrogen) atoms. The third-order valence-corrected chi connectivity index (χ3v) is 1.81. The summed E-state index contributed by atoms with van der Waals surface area (Å²) in [7, 11) is 0. The standard InChI is InChI=1S/C10H8F5NO2/c11-7-2-1-6(8(12)3-7)4-16-9(17)18-5-10(13,14)15/h1-3H,4-5H2,(H,16,17). The monoisotopic (exact) mass is 269 g/mol. The first kappa shape index (κ1) is 14.2. The summed E-state index contributed by atoms with van der Waals surface area (Å²) in [6.45, 7) is -2.13. The van der Waals surface area contributed by atoms with Crippen LogP contribution in [0, 0.1) is 11.6 Å². The van der Waals surface area contributed by atoms with Gasteiger partial charge in [0.25, 0.3) is 0 Å². The van der Waals surface area contributed by atoms with E-state index in [4.69, 9.17) is 0 Å². The van der Waals surface area contributed by atoms with Crippen LogP contribution in [-0.4, -0.2) is 18.9 Å². The highest BCUT2D eigenvalue weighted by Crippen LogP contribution is 2.14. The van der Waals surface area contributed by atoms with Gasteiger partial charge < -0.3 is 10.1 Å². The zero-order valence-corrected chi connectivity index (χ0v) is 8.85. The van der Waals surface area contributed by atoms with E-state index < -0.39 is 37.1 Å². The van der Waals surface area contributed by atoms with Crippen LogP contribution >= 0.6 is 0 Å². The van der Waals surface area contributed by atoms with E-state index in [-0.39, 0.29) is 5.56 Å². The summed E-state index contributed by atoms with van der Waals surface area (Å²) in [6.07, 6.45) is -5.96. The largest absolute Gasteiger partial charge is 0.440 e. The lowest BCUT2D eigenvalue weighted by molar-refractivity contribution is -0.160. The van der Waals surface area contributed by atoms with Crippen LogP contribution in [-0.2, 0) is 11.3 Å². The maximum atomic E-state index is 13.1. The van der Waals surface area contributed by atoms with Crippen molar-refractivity contribution in [2.24, 2.45) is 0 Å². The van der Waals surface area contributed by atoms with E-state index in [0.717, 1.165) is 12.1 Å². The Hall–Kier alpha value is -1.86. The minimum atomic E-state index is -4.63. The maximum absolute atomic E-state index is 13.1. The summed E-state index contributed by atoms with van der Waals surface area (Å²) in [5, 5.41) is 1.91. The Kier molecular flexibility index (Phi) is 4.46. The van der Waals surface area contributed by atoms with E-state index >= 15 is 0 Å². The van der Waals surface area contributed by atoms with Crippen molar-refractivity contribution in [2.75, 3.05) is 6.61 Å². The fourth-order valence-corrected chi connectivity index (χ4v) is 1.03. The molecule has 1 aromatic rings. The van der Waals surface area contributed by atoms with Gasteiger partial charge in [0.15, 0.2) is 6.61 Å². The van der Waals surface area contributed by atoms with Gasteiger partial charge in [-0.25, -0.2) is 13.6 Å². The van der Waals surface area contributed by atoms with Crippen LogP contribution in [0.5, 0.6) is 0 Å². The van der Waals surface area contributed by atoms with E-state index in [0.29, 0.717) is 6.07 Å². The van der Waals surface area contributed by atoms with Gasteiger partial charge in [-0.15, -0.1) is 0 Å². The third kappa shape index (κ3) is 4.98. The average Bonchev–Trinajstić information content (AvgIpc) is 2.24. The number of alkyl halides is 3. The Labute approximate surface area is 98.5 Å². The summed E-state index contributed by atoms with van der Waals surface area (Å²) in [4.78, 5) is 10.8. The molecule has 0 heterocycles. The van der Waals surface area contributed by atoms with Crippen molar-refractivity contribution in [3.05, 3.63) is 35.4 Å². The molecule has 1 amide bonds. The SMILES string of the molecule is O=C(NCc1ccc(F)cc1F)OCC(F)(F)F. The molecule has 3 nitrogen and oxygen atoms in total. The number of halogens is 5. The Bertz CT molecular complexity index is 433. The third-order valence-electron chi connectivity index (χ3n) is 1.81. The van der Waals surface area contributed by atoms with Crippen molar-refractivity contribution in [1.29, 1.82) is 0 Å². The first-order chi connectivity index (χ1) is 8.28. The molecular formula is C10H8F5NO2. The molecule has 1 aromatic carbocycles. The van der Waals surface area contributed by atoms with Crippen LogP contribution in [0.3, 0.4) is 0 Å². The summed E-state index contributed by atoms with van der Waals surface area (Å²) >= 11 is 0. The van der Waals surface area contributed by atoms with Crippen LogP contribution < -0.4 is 5.32 Å². The molecule has 1 N–H and O–H groups in total. The number of nitrogens with one attached hydrogen (secondary N) is 1. The molecule has 0 fully saturated rings. The Balaban J connectivity index is 2.43. The molecule has 0 saturated heterocycles. The van der Waals surface area contributed by atoms with Gasteiger partial charge in [0, 0.05) is 18.2 Å². The molecule has 8 heteroatoms. The van der Waals surface area contributed by atoms with Crippen molar-refractivity contribution >= 4 is 6.09 Å². The van der Waals surface area contributed by atoms with Crippen LogP contribution in [0.4, 0.5) is 26.7 Å². The van der Waals surface area contributed by atoms with Crippen LogP contribution in [0.1, 0.15) is 5.56 Å². The van der Waals surface area contributed by atoms with E-state index in [1.807, 2.05) is 5.32 Å². The normalized spacial score (nSPS) is 11.2. The first-order valence-electron chi connectivity index (χ1n) is 4.69. The van der Waals surface area contributed by atoms with Crippen molar-refractivity contribution in [1.82, 2.24) is 5.32 Å². The van der Waals surface area contributed by atoms with Crippen LogP contribution in [0.15, 0.2) is 18.2 Å². The van der Waals surface area contributed by atoms with Crippen LogP contribution in [0.25, 0.3) is 0 Å². The molecule has 0 radical (unpaired) electrons. The average molecular weight is 269 g/mol. The van der Waals surface area contributed by atoms with Crippen molar-refractivity contribution in [3.8, 4) is 0 Å². The van der Waals surface area contributed by atoms with Gasteiger partial charge in [0.1, 0.15) is 11.6 Å². The number of benzene rings is 1. The molecule has 0 aromatic heterocycles. The second kappa shape index (κ2) is 5.65. The quantitative estimate of drug-likeness (QED) is 0.857. The second-order valence-electron chi connectivity index (χ2n) is 3.28. The lowest BCUT2D eigenvalue weighted by atomic mass is 10.2. The van der Waals surface area contributed by atoms with E-state index in [1.54, 1.807) is 0 Å². The molecule has 0 bridgehead atoms. The molecule has 1 rings (SSSR count). The number of amides is 1. The predicted molar refractivity (Wildman–Crippen MR) is 50.6 cm³/mol. The Morgan fingerprint density at radius 1 is 1.28 bits per heavy atom. The van der Waals surface area contributed by atoms with E-state index in [2.05, 4.69) is 4.74 Å². The van der Waals surface area contributed by atoms with Gasteiger partial charge in [-0.3, -0.25) is 0 Å². The number of carbonyl (C=O) groups excluding carboxylic acids is 1. The molecule has 0 aliphatic carbocycles. The first-order valence-corrected chi connectivity index (χ1v) is 4.69. The van der Waals surface area contributed by atoms with Gasteiger partial charge in [-0.1, -0.05) is 6.07 Å². The maximum Gasteiger partial charge on any atom is 0.422 e. The van der Waals surface area contributed by atoms with Gasteiger partial charge >= 0.3 is 12.3 Å². The fraction of sp³-hybridized carbons (Fsp3) is 0.300. The lowest BCUT2D eigenvalue weighted by Gasteiger charge is -2.09. The number of ether oxygens (including phenoxy) is 1. The van der Waals surface area contributed by atoms with Gasteiger partial charge in [-0.2, -0.15) is 13.2 Å². The highest BCUT2D eigenvalue weighted by atomic mass is 19.4. The summed E-state index contributed by atoms with van der Waals surface area (Å²) in [5.41, 5.74) is -0.0691. The minimum absolute atomic E-state index is 0.0691.